The van der Waals surface area contributed by atoms with Gasteiger partial charge in [-0.15, -0.1) is 0 Å². The Morgan fingerprint density at radius 2 is 1.94 bits per heavy atom. The third-order valence-corrected chi connectivity index (χ3v) is 2.67. The van der Waals surface area contributed by atoms with Crippen molar-refractivity contribution in [2.24, 2.45) is 0 Å². The van der Waals surface area contributed by atoms with E-state index < -0.39 is 5.97 Å². The number of hydrogen-bond donors (Lipinski definition) is 1. The van der Waals surface area contributed by atoms with Crippen LogP contribution >= 0.6 is 0 Å². The van der Waals surface area contributed by atoms with Crippen molar-refractivity contribution in [3.8, 4) is 0 Å². The van der Waals surface area contributed by atoms with Crippen molar-refractivity contribution in [3.05, 3.63) is 34.9 Å². The van der Waals surface area contributed by atoms with Crippen LogP contribution in [0.2, 0.25) is 0 Å². The highest BCUT2D eigenvalue weighted by atomic mass is 16.5. The van der Waals surface area contributed by atoms with E-state index in [4.69, 9.17) is 4.74 Å². The van der Waals surface area contributed by atoms with Crippen molar-refractivity contribution in [2.75, 3.05) is 6.61 Å². The van der Waals surface area contributed by atoms with Gasteiger partial charge in [-0.25, -0.2) is 0 Å². The highest BCUT2D eigenvalue weighted by Gasteiger charge is 2.09. The zero-order valence-electron chi connectivity index (χ0n) is 11.1. The van der Waals surface area contributed by atoms with Crippen LogP contribution in [-0.4, -0.2) is 18.5 Å². The predicted molar refractivity (Wildman–Crippen MR) is 69.0 cm³/mol. The average Bonchev–Trinajstić information content (AvgIpc) is 2.31. The van der Waals surface area contributed by atoms with Gasteiger partial charge in [-0.3, -0.25) is 9.59 Å². The SMILES string of the molecule is CCOC(=O)CC(=O)NCc1ccc(C)c(C)c1. The summed E-state index contributed by atoms with van der Waals surface area (Å²) in [5.74, 6) is -0.804. The fraction of sp³-hybridized carbons (Fsp3) is 0.429. The van der Waals surface area contributed by atoms with Crippen LogP contribution in [0.1, 0.15) is 30.0 Å². The molecule has 0 saturated heterocycles. The summed E-state index contributed by atoms with van der Waals surface area (Å²) in [6.07, 6.45) is -0.224. The summed E-state index contributed by atoms with van der Waals surface area (Å²) < 4.78 is 4.70. The summed E-state index contributed by atoms with van der Waals surface area (Å²) in [6, 6.07) is 6.01. The highest BCUT2D eigenvalue weighted by molar-refractivity contribution is 5.94. The van der Waals surface area contributed by atoms with Crippen LogP contribution < -0.4 is 5.32 Å². The molecule has 0 bridgehead atoms. The summed E-state index contributed by atoms with van der Waals surface area (Å²) >= 11 is 0. The van der Waals surface area contributed by atoms with Gasteiger partial charge in [0.2, 0.25) is 5.91 Å². The van der Waals surface area contributed by atoms with Crippen molar-refractivity contribution in [1.82, 2.24) is 5.32 Å². The molecule has 0 radical (unpaired) electrons. The number of nitrogens with one attached hydrogen (secondary N) is 1. The van der Waals surface area contributed by atoms with E-state index in [2.05, 4.69) is 5.32 Å². The predicted octanol–water partition coefficient (Wildman–Crippen LogP) is 1.87. The molecule has 0 saturated carbocycles. The molecule has 0 fully saturated rings. The Kier molecular flexibility index (Phi) is 5.36. The monoisotopic (exact) mass is 249 g/mol. The Hall–Kier alpha value is -1.84. The Morgan fingerprint density at radius 1 is 1.22 bits per heavy atom. The number of amides is 1. The second kappa shape index (κ2) is 6.79. The minimum atomic E-state index is -0.491. The summed E-state index contributed by atoms with van der Waals surface area (Å²) in [5.41, 5.74) is 3.43. The van der Waals surface area contributed by atoms with Gasteiger partial charge in [-0.2, -0.15) is 0 Å². The molecule has 1 rings (SSSR count). The Bertz CT molecular complexity index is 441. The third kappa shape index (κ3) is 4.57. The molecule has 1 amide bonds. The number of hydrogen-bond acceptors (Lipinski definition) is 3. The van der Waals surface area contributed by atoms with E-state index in [1.54, 1.807) is 6.92 Å². The fourth-order valence-corrected chi connectivity index (χ4v) is 1.52. The first kappa shape index (κ1) is 14.2. The maximum Gasteiger partial charge on any atom is 0.315 e. The zero-order chi connectivity index (χ0) is 13.5. The lowest BCUT2D eigenvalue weighted by atomic mass is 10.1. The molecule has 4 heteroatoms. The second-order valence-electron chi connectivity index (χ2n) is 4.18. The minimum absolute atomic E-state index is 0.224. The molecule has 98 valence electrons. The molecule has 0 aliphatic carbocycles. The first-order chi connectivity index (χ1) is 8.52. The number of carbonyl (C=O) groups is 2. The number of ether oxygens (including phenoxy) is 1. The number of rotatable bonds is 5. The fourth-order valence-electron chi connectivity index (χ4n) is 1.52. The van der Waals surface area contributed by atoms with Crippen LogP contribution in [0.4, 0.5) is 0 Å². The lowest BCUT2D eigenvalue weighted by Crippen LogP contribution is -2.26. The average molecular weight is 249 g/mol. The van der Waals surface area contributed by atoms with Gasteiger partial charge in [0.15, 0.2) is 0 Å². The molecule has 1 N–H and O–H groups in total. The first-order valence-corrected chi connectivity index (χ1v) is 6.01. The van der Waals surface area contributed by atoms with Crippen molar-refractivity contribution in [3.63, 3.8) is 0 Å². The van der Waals surface area contributed by atoms with Crippen LogP contribution in [0.15, 0.2) is 18.2 Å². The van der Waals surface area contributed by atoms with E-state index in [1.165, 1.54) is 11.1 Å². The van der Waals surface area contributed by atoms with Crippen molar-refractivity contribution >= 4 is 11.9 Å². The molecule has 18 heavy (non-hydrogen) atoms. The second-order valence-corrected chi connectivity index (χ2v) is 4.18. The summed E-state index contributed by atoms with van der Waals surface area (Å²) in [7, 11) is 0. The Labute approximate surface area is 107 Å². The summed E-state index contributed by atoms with van der Waals surface area (Å²) in [6.45, 7) is 6.51. The molecule has 4 nitrogen and oxygen atoms in total. The van der Waals surface area contributed by atoms with Crippen molar-refractivity contribution in [1.29, 1.82) is 0 Å². The van der Waals surface area contributed by atoms with Crippen LogP contribution in [0.25, 0.3) is 0 Å². The Balaban J connectivity index is 2.42. The van der Waals surface area contributed by atoms with E-state index >= 15 is 0 Å². The lowest BCUT2D eigenvalue weighted by Gasteiger charge is -2.07. The zero-order valence-corrected chi connectivity index (χ0v) is 11.1. The van der Waals surface area contributed by atoms with Gasteiger partial charge in [-0.1, -0.05) is 18.2 Å². The molecule has 0 atom stereocenters. The number of carbonyl (C=O) groups excluding carboxylic acids is 2. The molecule has 0 heterocycles. The summed E-state index contributed by atoms with van der Waals surface area (Å²) in [4.78, 5) is 22.5. The summed E-state index contributed by atoms with van der Waals surface area (Å²) in [5, 5.41) is 2.70. The molecule has 0 aromatic heterocycles. The van der Waals surface area contributed by atoms with Gasteiger partial charge >= 0.3 is 5.97 Å². The van der Waals surface area contributed by atoms with E-state index in [-0.39, 0.29) is 12.3 Å². The lowest BCUT2D eigenvalue weighted by molar-refractivity contribution is -0.146. The van der Waals surface area contributed by atoms with Gasteiger partial charge in [0.05, 0.1) is 6.61 Å². The molecule has 0 aliphatic rings. The van der Waals surface area contributed by atoms with Crippen LogP contribution in [0, 0.1) is 13.8 Å². The smallest absolute Gasteiger partial charge is 0.315 e. The molecular weight excluding hydrogens is 230 g/mol. The quantitative estimate of drug-likeness (QED) is 0.640. The number of esters is 1. The van der Waals surface area contributed by atoms with Gasteiger partial charge in [0, 0.05) is 6.54 Å². The number of benzene rings is 1. The number of aryl methyl sites for hydroxylation is 2. The normalized spacial score (nSPS) is 9.94. The maximum absolute atomic E-state index is 11.4. The molecule has 1 aromatic carbocycles. The van der Waals surface area contributed by atoms with Crippen LogP contribution in [0.3, 0.4) is 0 Å². The van der Waals surface area contributed by atoms with E-state index in [0.29, 0.717) is 13.2 Å². The van der Waals surface area contributed by atoms with E-state index in [9.17, 15) is 9.59 Å². The van der Waals surface area contributed by atoms with Gasteiger partial charge in [-0.05, 0) is 37.5 Å². The molecular formula is C14H19NO3. The van der Waals surface area contributed by atoms with Crippen LogP contribution in [-0.2, 0) is 20.9 Å². The highest BCUT2D eigenvalue weighted by Crippen LogP contribution is 2.09. The van der Waals surface area contributed by atoms with E-state index in [1.807, 2.05) is 32.0 Å². The Morgan fingerprint density at radius 3 is 2.56 bits per heavy atom. The molecule has 1 aromatic rings. The topological polar surface area (TPSA) is 55.4 Å². The largest absolute Gasteiger partial charge is 0.466 e. The first-order valence-electron chi connectivity index (χ1n) is 6.01. The standard InChI is InChI=1S/C14H19NO3/c1-4-18-14(17)8-13(16)15-9-12-6-5-10(2)11(3)7-12/h5-7H,4,8-9H2,1-3H3,(H,15,16). The van der Waals surface area contributed by atoms with Gasteiger partial charge in [0.25, 0.3) is 0 Å². The maximum atomic E-state index is 11.4. The van der Waals surface area contributed by atoms with Gasteiger partial charge in [0.1, 0.15) is 6.42 Å². The molecule has 0 spiro atoms. The van der Waals surface area contributed by atoms with Crippen LogP contribution in [0.5, 0.6) is 0 Å². The van der Waals surface area contributed by atoms with Crippen molar-refractivity contribution in [2.45, 2.75) is 33.7 Å². The third-order valence-electron chi connectivity index (χ3n) is 2.67. The molecule has 0 unspecified atom stereocenters. The minimum Gasteiger partial charge on any atom is -0.466 e. The molecule has 0 aliphatic heterocycles. The van der Waals surface area contributed by atoms with Crippen molar-refractivity contribution < 1.29 is 14.3 Å². The van der Waals surface area contributed by atoms with Gasteiger partial charge < -0.3 is 10.1 Å². The van der Waals surface area contributed by atoms with E-state index in [0.717, 1.165) is 5.56 Å².